The molecule has 0 aliphatic heterocycles. The lowest BCUT2D eigenvalue weighted by atomic mass is 10.2. The molecule has 0 amide bonds. The molecule has 2 aromatic rings. The molecule has 0 saturated heterocycles. The quantitative estimate of drug-likeness (QED) is 0.718. The van der Waals surface area contributed by atoms with E-state index in [0.29, 0.717) is 12.2 Å². The minimum absolute atomic E-state index is 0. The van der Waals surface area contributed by atoms with Gasteiger partial charge in [-0.05, 0) is 31.0 Å². The van der Waals surface area contributed by atoms with Crippen molar-refractivity contribution in [2.45, 2.75) is 33.2 Å². The summed E-state index contributed by atoms with van der Waals surface area (Å²) in [6.45, 7) is 5.01. The standard InChI is InChI=1S/C12H15FN2.C4H4O4.H3N/c1-3-7-15-12-8-9(13)5-6-10(12)11(4-2)14-15;5-3(6)1-2-4(7)8;/h5-6,8H,3-4,7H2,1-2H3;1-2H,(H,5,6)(H,7,8);1H3. The molecule has 1 heterocycles. The van der Waals surface area contributed by atoms with E-state index in [1.807, 2.05) is 10.7 Å². The van der Waals surface area contributed by atoms with Gasteiger partial charge < -0.3 is 16.4 Å². The fourth-order valence-electron chi connectivity index (χ4n) is 2.00. The number of carboxylic acid groups (broad SMARTS) is 2. The summed E-state index contributed by atoms with van der Waals surface area (Å²) in [6, 6.07) is 4.89. The van der Waals surface area contributed by atoms with Gasteiger partial charge in [-0.25, -0.2) is 14.0 Å². The first-order chi connectivity index (χ1) is 10.9. The van der Waals surface area contributed by atoms with Crippen LogP contribution < -0.4 is 6.15 Å². The number of aromatic nitrogens is 2. The van der Waals surface area contributed by atoms with Crippen molar-refractivity contribution in [3.05, 3.63) is 41.9 Å². The molecule has 24 heavy (non-hydrogen) atoms. The Morgan fingerprint density at radius 3 is 2.25 bits per heavy atom. The molecule has 1 aromatic carbocycles. The van der Waals surface area contributed by atoms with Crippen molar-refractivity contribution < 1.29 is 24.2 Å². The molecule has 5 N–H and O–H groups in total. The summed E-state index contributed by atoms with van der Waals surface area (Å²) in [6.07, 6.45) is 3.01. The first kappa shape index (κ1) is 21.3. The van der Waals surface area contributed by atoms with Crippen LogP contribution in [-0.2, 0) is 22.6 Å². The Bertz CT molecular complexity index is 709. The van der Waals surface area contributed by atoms with Gasteiger partial charge in [-0.2, -0.15) is 5.10 Å². The van der Waals surface area contributed by atoms with Crippen molar-refractivity contribution in [3.63, 3.8) is 0 Å². The van der Waals surface area contributed by atoms with Crippen molar-refractivity contribution >= 4 is 22.8 Å². The maximum atomic E-state index is 13.1. The van der Waals surface area contributed by atoms with Crippen LogP contribution in [-0.4, -0.2) is 31.9 Å². The van der Waals surface area contributed by atoms with Gasteiger partial charge in [0.05, 0.1) is 11.2 Å². The van der Waals surface area contributed by atoms with Gasteiger partial charge in [-0.1, -0.05) is 13.8 Å². The Balaban J connectivity index is 0.000000510. The Labute approximate surface area is 139 Å². The maximum Gasteiger partial charge on any atom is 0.328 e. The Morgan fingerprint density at radius 1 is 1.21 bits per heavy atom. The molecule has 0 unspecified atom stereocenters. The second-order valence-corrected chi connectivity index (χ2v) is 4.69. The second kappa shape index (κ2) is 10.1. The number of rotatable bonds is 5. The van der Waals surface area contributed by atoms with Gasteiger partial charge in [0.1, 0.15) is 5.82 Å². The summed E-state index contributed by atoms with van der Waals surface area (Å²) in [7, 11) is 0. The van der Waals surface area contributed by atoms with Crippen LogP contribution in [0.15, 0.2) is 30.4 Å². The summed E-state index contributed by atoms with van der Waals surface area (Å²) >= 11 is 0. The third-order valence-electron chi connectivity index (χ3n) is 2.93. The van der Waals surface area contributed by atoms with Gasteiger partial charge in [0.2, 0.25) is 0 Å². The average Bonchev–Trinajstić information content (AvgIpc) is 2.83. The number of hydrogen-bond donors (Lipinski definition) is 3. The molecule has 0 aliphatic carbocycles. The fraction of sp³-hybridized carbons (Fsp3) is 0.312. The highest BCUT2D eigenvalue weighted by Gasteiger charge is 2.08. The molecule has 0 aliphatic rings. The number of aliphatic carboxylic acids is 2. The van der Waals surface area contributed by atoms with Gasteiger partial charge in [0.15, 0.2) is 0 Å². The lowest BCUT2D eigenvalue weighted by Crippen LogP contribution is -1.99. The van der Waals surface area contributed by atoms with Crippen LogP contribution in [0.4, 0.5) is 4.39 Å². The average molecular weight is 339 g/mol. The smallest absolute Gasteiger partial charge is 0.328 e. The molecular formula is C16H22FN3O4. The number of hydrogen-bond acceptors (Lipinski definition) is 4. The molecule has 2 rings (SSSR count). The van der Waals surface area contributed by atoms with Gasteiger partial charge in [-0.3, -0.25) is 4.68 Å². The fourth-order valence-corrected chi connectivity index (χ4v) is 2.00. The molecule has 0 saturated carbocycles. The lowest BCUT2D eigenvalue weighted by Gasteiger charge is -1.99. The largest absolute Gasteiger partial charge is 0.478 e. The van der Waals surface area contributed by atoms with E-state index in [1.165, 1.54) is 6.07 Å². The molecule has 1 aromatic heterocycles. The van der Waals surface area contributed by atoms with E-state index in [4.69, 9.17) is 10.2 Å². The second-order valence-electron chi connectivity index (χ2n) is 4.69. The summed E-state index contributed by atoms with van der Waals surface area (Å²) in [5.74, 6) is -2.71. The number of benzene rings is 1. The number of halogens is 1. The first-order valence-electron chi connectivity index (χ1n) is 7.17. The zero-order valence-corrected chi connectivity index (χ0v) is 13.7. The highest BCUT2D eigenvalue weighted by Crippen LogP contribution is 2.20. The highest BCUT2D eigenvalue weighted by molar-refractivity contribution is 5.89. The third-order valence-corrected chi connectivity index (χ3v) is 2.93. The normalized spacial score (nSPS) is 10.1. The van der Waals surface area contributed by atoms with Gasteiger partial charge in [0, 0.05) is 24.1 Å². The van der Waals surface area contributed by atoms with E-state index in [0.717, 1.165) is 36.0 Å². The van der Waals surface area contributed by atoms with E-state index in [9.17, 15) is 14.0 Å². The highest BCUT2D eigenvalue weighted by atomic mass is 19.1. The predicted octanol–water partition coefficient (Wildman–Crippen LogP) is 3.02. The van der Waals surface area contributed by atoms with Crippen LogP contribution in [0.5, 0.6) is 0 Å². The molecule has 0 spiro atoms. The molecule has 0 atom stereocenters. The van der Waals surface area contributed by atoms with Crippen LogP contribution >= 0.6 is 0 Å². The van der Waals surface area contributed by atoms with E-state index in [-0.39, 0.29) is 12.0 Å². The van der Waals surface area contributed by atoms with Crippen LogP contribution in [0.2, 0.25) is 0 Å². The molecule has 0 bridgehead atoms. The van der Waals surface area contributed by atoms with Crippen molar-refractivity contribution in [2.75, 3.05) is 0 Å². The minimum Gasteiger partial charge on any atom is -0.478 e. The number of carboxylic acids is 2. The first-order valence-corrected chi connectivity index (χ1v) is 7.17. The molecular weight excluding hydrogens is 317 g/mol. The van der Waals surface area contributed by atoms with Crippen molar-refractivity contribution in [2.24, 2.45) is 0 Å². The van der Waals surface area contributed by atoms with Crippen molar-refractivity contribution in [3.8, 4) is 0 Å². The van der Waals surface area contributed by atoms with Crippen LogP contribution in [0.25, 0.3) is 10.9 Å². The number of carbonyl (C=O) groups is 2. The van der Waals surface area contributed by atoms with Crippen LogP contribution in [0.1, 0.15) is 26.0 Å². The molecule has 7 nitrogen and oxygen atoms in total. The Morgan fingerprint density at radius 2 is 1.79 bits per heavy atom. The summed E-state index contributed by atoms with van der Waals surface area (Å²) < 4.78 is 15.0. The SMILES string of the molecule is CCCn1nc(CC)c2ccc(F)cc21.N.O=C(O)C=CC(=O)O. The summed E-state index contributed by atoms with van der Waals surface area (Å²) in [4.78, 5) is 19.1. The molecule has 8 heteroatoms. The van der Waals surface area contributed by atoms with E-state index >= 15 is 0 Å². The van der Waals surface area contributed by atoms with Crippen molar-refractivity contribution in [1.29, 1.82) is 0 Å². The number of nitrogens with zero attached hydrogens (tertiary/aromatic N) is 2. The van der Waals surface area contributed by atoms with Gasteiger partial charge in [-0.15, -0.1) is 0 Å². The minimum atomic E-state index is -1.26. The van der Waals surface area contributed by atoms with E-state index in [2.05, 4.69) is 18.9 Å². The molecule has 0 radical (unpaired) electrons. The summed E-state index contributed by atoms with van der Waals surface area (Å²) in [5.41, 5.74) is 1.96. The van der Waals surface area contributed by atoms with E-state index in [1.54, 1.807) is 6.07 Å². The van der Waals surface area contributed by atoms with E-state index < -0.39 is 11.9 Å². The molecule has 132 valence electrons. The van der Waals surface area contributed by atoms with Crippen molar-refractivity contribution in [1.82, 2.24) is 15.9 Å². The summed E-state index contributed by atoms with van der Waals surface area (Å²) in [5, 5.41) is 21.2. The number of fused-ring (bicyclic) bond motifs is 1. The maximum absolute atomic E-state index is 13.1. The topological polar surface area (TPSA) is 127 Å². The zero-order chi connectivity index (χ0) is 17.4. The monoisotopic (exact) mass is 339 g/mol. The predicted molar refractivity (Wildman–Crippen MR) is 88.8 cm³/mol. The van der Waals surface area contributed by atoms with Crippen LogP contribution in [0, 0.1) is 5.82 Å². The van der Waals surface area contributed by atoms with Gasteiger partial charge >= 0.3 is 11.9 Å². The zero-order valence-electron chi connectivity index (χ0n) is 13.7. The van der Waals surface area contributed by atoms with Crippen LogP contribution in [0.3, 0.4) is 0 Å². The lowest BCUT2D eigenvalue weighted by molar-refractivity contribution is -0.134. The Kier molecular flexibility index (Phi) is 8.96. The van der Waals surface area contributed by atoms with Gasteiger partial charge in [0.25, 0.3) is 0 Å². The third kappa shape index (κ3) is 6.17. The number of aryl methyl sites for hydroxylation is 2. The Hall–Kier alpha value is -2.74. The molecule has 0 fully saturated rings.